The van der Waals surface area contributed by atoms with Crippen LogP contribution in [0.15, 0.2) is 52.3 Å². The Labute approximate surface area is 189 Å². The molecule has 0 unspecified atom stereocenters. The average Bonchev–Trinajstić information content (AvgIpc) is 3.32. The van der Waals surface area contributed by atoms with Crippen LogP contribution in [0.5, 0.6) is 0 Å². The van der Waals surface area contributed by atoms with E-state index in [9.17, 15) is 16.8 Å². The van der Waals surface area contributed by atoms with Gasteiger partial charge in [0.2, 0.25) is 20.0 Å². The quantitative estimate of drug-likeness (QED) is 0.653. The third-order valence-electron chi connectivity index (χ3n) is 5.91. The van der Waals surface area contributed by atoms with E-state index in [0.29, 0.717) is 44.3 Å². The van der Waals surface area contributed by atoms with Gasteiger partial charge in [-0.15, -0.1) is 0 Å². The van der Waals surface area contributed by atoms with Crippen LogP contribution in [0.3, 0.4) is 0 Å². The molecule has 31 heavy (non-hydrogen) atoms. The van der Waals surface area contributed by atoms with Gasteiger partial charge in [0.1, 0.15) is 0 Å². The first-order chi connectivity index (χ1) is 14.7. The molecule has 0 aliphatic carbocycles. The normalized spacial score (nSPS) is 19.1. The van der Waals surface area contributed by atoms with Gasteiger partial charge in [0.25, 0.3) is 0 Å². The summed E-state index contributed by atoms with van der Waals surface area (Å²) < 4.78 is 54.4. The molecule has 0 atom stereocenters. The summed E-state index contributed by atoms with van der Waals surface area (Å²) >= 11 is 6.12. The average molecular weight is 484 g/mol. The van der Waals surface area contributed by atoms with E-state index in [4.69, 9.17) is 11.6 Å². The van der Waals surface area contributed by atoms with Crippen LogP contribution in [-0.2, 0) is 20.0 Å². The van der Waals surface area contributed by atoms with Gasteiger partial charge in [0.15, 0.2) is 0 Å². The predicted molar refractivity (Wildman–Crippen MR) is 122 cm³/mol. The molecule has 2 saturated heterocycles. The Hall–Kier alpha value is -1.65. The van der Waals surface area contributed by atoms with Gasteiger partial charge in [-0.1, -0.05) is 17.7 Å². The van der Waals surface area contributed by atoms with E-state index < -0.39 is 20.0 Å². The lowest BCUT2D eigenvalue weighted by atomic mass is 10.1. The zero-order valence-corrected chi connectivity index (χ0v) is 19.8. The number of benzene rings is 2. The van der Waals surface area contributed by atoms with Gasteiger partial charge >= 0.3 is 0 Å². The third-order valence-corrected chi connectivity index (χ3v) is 9.98. The molecule has 7 nitrogen and oxygen atoms in total. The first-order valence-corrected chi connectivity index (χ1v) is 13.6. The predicted octanol–water partition coefficient (Wildman–Crippen LogP) is 2.94. The van der Waals surface area contributed by atoms with E-state index >= 15 is 0 Å². The van der Waals surface area contributed by atoms with E-state index in [1.807, 2.05) is 25.1 Å². The minimum absolute atomic E-state index is 0.111. The van der Waals surface area contributed by atoms with E-state index in [1.165, 1.54) is 32.9 Å². The lowest BCUT2D eigenvalue weighted by molar-refractivity contribution is 0.384. The van der Waals surface area contributed by atoms with Crippen LogP contribution in [0.4, 0.5) is 5.69 Å². The fourth-order valence-corrected chi connectivity index (χ4v) is 7.21. The van der Waals surface area contributed by atoms with Gasteiger partial charge in [-0.05, 0) is 61.7 Å². The molecule has 168 valence electrons. The SMILES string of the molecule is Cc1ccc(Cl)cc1N1CCN(S(=O)(=O)c2ccc(S(=O)(=O)N3CCCC3)cc2)CC1. The smallest absolute Gasteiger partial charge is 0.243 e. The summed E-state index contributed by atoms with van der Waals surface area (Å²) in [4.78, 5) is 2.38. The zero-order valence-electron chi connectivity index (χ0n) is 17.4. The highest BCUT2D eigenvalue weighted by atomic mass is 35.5. The summed E-state index contributed by atoms with van der Waals surface area (Å²) in [6, 6.07) is 11.3. The summed E-state index contributed by atoms with van der Waals surface area (Å²) in [6.45, 7) is 4.85. The van der Waals surface area contributed by atoms with Crippen molar-refractivity contribution in [1.82, 2.24) is 8.61 Å². The molecular weight excluding hydrogens is 458 g/mol. The topological polar surface area (TPSA) is 78.0 Å². The number of nitrogens with zero attached hydrogens (tertiary/aromatic N) is 3. The fourth-order valence-electron chi connectivity index (χ4n) is 4.10. The van der Waals surface area contributed by atoms with Crippen LogP contribution in [0.25, 0.3) is 0 Å². The standard InChI is InChI=1S/C21H26ClN3O4S2/c1-17-4-5-18(22)16-21(17)23-12-14-25(15-13-23)31(28,29)20-8-6-19(7-9-20)30(26,27)24-10-2-3-11-24/h4-9,16H,2-3,10-15H2,1H3. The Balaban J connectivity index is 1.47. The lowest BCUT2D eigenvalue weighted by Crippen LogP contribution is -2.48. The Morgan fingerprint density at radius 2 is 1.19 bits per heavy atom. The van der Waals surface area contributed by atoms with Crippen molar-refractivity contribution in [3.05, 3.63) is 53.1 Å². The summed E-state index contributed by atoms with van der Waals surface area (Å²) in [5.41, 5.74) is 2.11. The summed E-state index contributed by atoms with van der Waals surface area (Å²) in [5, 5.41) is 0.652. The molecule has 2 aromatic carbocycles. The molecule has 0 radical (unpaired) electrons. The van der Waals surface area contributed by atoms with Crippen LogP contribution >= 0.6 is 11.6 Å². The van der Waals surface area contributed by atoms with Gasteiger partial charge in [0, 0.05) is 50.0 Å². The summed E-state index contributed by atoms with van der Waals surface area (Å²) in [6.07, 6.45) is 1.71. The van der Waals surface area contributed by atoms with Crippen molar-refractivity contribution in [2.45, 2.75) is 29.6 Å². The van der Waals surface area contributed by atoms with Crippen molar-refractivity contribution in [2.75, 3.05) is 44.2 Å². The van der Waals surface area contributed by atoms with Crippen molar-refractivity contribution >= 4 is 37.3 Å². The van der Waals surface area contributed by atoms with Crippen molar-refractivity contribution in [1.29, 1.82) is 0 Å². The Kier molecular flexibility index (Phi) is 6.33. The number of sulfonamides is 2. The van der Waals surface area contributed by atoms with Crippen LogP contribution in [0.1, 0.15) is 18.4 Å². The van der Waals surface area contributed by atoms with E-state index in [-0.39, 0.29) is 9.79 Å². The molecular formula is C21H26ClN3O4S2. The first-order valence-electron chi connectivity index (χ1n) is 10.3. The van der Waals surface area contributed by atoms with Gasteiger partial charge in [-0.3, -0.25) is 0 Å². The molecule has 4 rings (SSSR count). The molecule has 2 aliphatic heterocycles. The maximum Gasteiger partial charge on any atom is 0.243 e. The highest BCUT2D eigenvalue weighted by Crippen LogP contribution is 2.27. The molecule has 0 amide bonds. The monoisotopic (exact) mass is 483 g/mol. The summed E-state index contributed by atoms with van der Waals surface area (Å²) in [7, 11) is -7.26. The molecule has 0 spiro atoms. The van der Waals surface area contributed by atoms with Crippen LogP contribution in [0.2, 0.25) is 5.02 Å². The van der Waals surface area contributed by atoms with E-state index in [2.05, 4.69) is 4.90 Å². The van der Waals surface area contributed by atoms with Gasteiger partial charge in [-0.2, -0.15) is 8.61 Å². The highest BCUT2D eigenvalue weighted by Gasteiger charge is 2.31. The van der Waals surface area contributed by atoms with E-state index in [1.54, 1.807) is 0 Å². The highest BCUT2D eigenvalue weighted by molar-refractivity contribution is 7.89. The largest absolute Gasteiger partial charge is 0.369 e. The third kappa shape index (κ3) is 4.47. The van der Waals surface area contributed by atoms with Crippen LogP contribution < -0.4 is 4.90 Å². The molecule has 0 aromatic heterocycles. The molecule has 2 heterocycles. The van der Waals surface area contributed by atoms with Crippen molar-refractivity contribution in [2.24, 2.45) is 0 Å². The molecule has 2 aliphatic rings. The fraction of sp³-hybridized carbons (Fsp3) is 0.429. The Morgan fingerprint density at radius 1 is 0.710 bits per heavy atom. The van der Waals surface area contributed by atoms with Crippen LogP contribution in [-0.4, -0.2) is 64.7 Å². The van der Waals surface area contributed by atoms with Gasteiger partial charge < -0.3 is 4.90 Å². The van der Waals surface area contributed by atoms with Crippen molar-refractivity contribution < 1.29 is 16.8 Å². The van der Waals surface area contributed by atoms with Crippen molar-refractivity contribution in [3.63, 3.8) is 0 Å². The molecule has 0 bridgehead atoms. The lowest BCUT2D eigenvalue weighted by Gasteiger charge is -2.36. The number of aryl methyl sites for hydroxylation is 1. The Morgan fingerprint density at radius 3 is 1.71 bits per heavy atom. The second-order valence-electron chi connectivity index (χ2n) is 7.90. The first kappa shape index (κ1) is 22.5. The second kappa shape index (κ2) is 8.71. The van der Waals surface area contributed by atoms with Crippen LogP contribution in [0, 0.1) is 6.92 Å². The summed E-state index contributed by atoms with van der Waals surface area (Å²) in [5.74, 6) is 0. The minimum Gasteiger partial charge on any atom is -0.369 e. The molecule has 2 fully saturated rings. The number of anilines is 1. The number of piperazine rings is 1. The number of rotatable bonds is 5. The maximum atomic E-state index is 13.1. The number of hydrogen-bond acceptors (Lipinski definition) is 5. The maximum absolute atomic E-state index is 13.1. The van der Waals surface area contributed by atoms with Gasteiger partial charge in [-0.25, -0.2) is 16.8 Å². The van der Waals surface area contributed by atoms with E-state index in [0.717, 1.165) is 24.1 Å². The van der Waals surface area contributed by atoms with Gasteiger partial charge in [0.05, 0.1) is 9.79 Å². The molecule has 0 N–H and O–H groups in total. The Bertz CT molecular complexity index is 1150. The number of halogens is 1. The van der Waals surface area contributed by atoms with Crippen molar-refractivity contribution in [3.8, 4) is 0 Å². The molecule has 10 heteroatoms. The molecule has 2 aromatic rings. The minimum atomic E-state index is -3.70. The second-order valence-corrected chi connectivity index (χ2v) is 12.2. The zero-order chi connectivity index (χ0) is 22.2. The number of hydrogen-bond donors (Lipinski definition) is 0. The molecule has 0 saturated carbocycles.